The van der Waals surface area contributed by atoms with Gasteiger partial charge in [0.2, 0.25) is 5.54 Å². The van der Waals surface area contributed by atoms with Gasteiger partial charge in [0, 0.05) is 0 Å². The minimum Gasteiger partial charge on any atom is -0.479 e. The van der Waals surface area contributed by atoms with E-state index in [2.05, 4.69) is 4.74 Å². The van der Waals surface area contributed by atoms with E-state index in [1.807, 2.05) is 0 Å². The molecule has 0 fully saturated rings. The van der Waals surface area contributed by atoms with Crippen molar-refractivity contribution >= 4 is 12.1 Å². The maximum absolute atomic E-state index is 13.1. The molecule has 1 atom stereocenters. The predicted molar refractivity (Wildman–Crippen MR) is 71.1 cm³/mol. The quantitative estimate of drug-likeness (QED) is 0.845. The molecule has 1 aromatic carbocycles. The van der Waals surface area contributed by atoms with Crippen molar-refractivity contribution in [1.29, 1.82) is 0 Å². The summed E-state index contributed by atoms with van der Waals surface area (Å²) in [6, 6.07) is 8.31. The van der Waals surface area contributed by atoms with Crippen LogP contribution in [0.5, 0.6) is 0 Å². The van der Waals surface area contributed by atoms with Gasteiger partial charge in [-0.2, -0.15) is 13.2 Å². The van der Waals surface area contributed by atoms with Crippen LogP contribution in [0.25, 0.3) is 0 Å². The number of carboxylic acid groups (broad SMARTS) is 1. The molecule has 0 aromatic heterocycles. The van der Waals surface area contributed by atoms with Crippen molar-refractivity contribution in [3.8, 4) is 0 Å². The summed E-state index contributed by atoms with van der Waals surface area (Å²) in [5.41, 5.74) is -2.78. The van der Waals surface area contributed by atoms with Crippen LogP contribution in [0.4, 0.5) is 18.0 Å². The van der Waals surface area contributed by atoms with E-state index in [9.17, 15) is 22.8 Å². The molecule has 1 amide bonds. The molecule has 8 heteroatoms. The van der Waals surface area contributed by atoms with Crippen molar-refractivity contribution in [2.75, 3.05) is 0 Å². The van der Waals surface area contributed by atoms with E-state index in [0.717, 1.165) is 0 Å². The van der Waals surface area contributed by atoms with E-state index < -0.39 is 30.2 Å². The molecule has 1 aromatic rings. The topological polar surface area (TPSA) is 75.6 Å². The average Bonchev–Trinajstić information content (AvgIpc) is 2.44. The number of alkyl halides is 3. The largest absolute Gasteiger partial charge is 0.479 e. The number of alkyl carbamates (subject to hydrolysis) is 1. The molecule has 5 nitrogen and oxygen atoms in total. The maximum atomic E-state index is 13.1. The highest BCUT2D eigenvalue weighted by Gasteiger charge is 2.61. The lowest BCUT2D eigenvalue weighted by Crippen LogP contribution is -2.64. The van der Waals surface area contributed by atoms with Gasteiger partial charge in [-0.15, -0.1) is 0 Å². The van der Waals surface area contributed by atoms with Gasteiger partial charge in [0.05, 0.1) is 0 Å². The standard InChI is InChI=1S/C14H16F3NO4/c1-2-8-13(11(19)20,14(15,16)17)18-12(21)22-9-10-6-4-3-5-7-10/h3-7H,2,8-9H2,1H3,(H,18,21)(H,19,20). The average molecular weight is 319 g/mol. The molecule has 0 aliphatic rings. The van der Waals surface area contributed by atoms with Crippen LogP contribution in [0, 0.1) is 0 Å². The lowest BCUT2D eigenvalue weighted by atomic mass is 9.93. The third-order valence-electron chi connectivity index (χ3n) is 3.00. The summed E-state index contributed by atoms with van der Waals surface area (Å²) in [6.07, 6.45) is -7.44. The Morgan fingerprint density at radius 3 is 2.27 bits per heavy atom. The van der Waals surface area contributed by atoms with Crippen LogP contribution in [0.2, 0.25) is 0 Å². The molecule has 122 valence electrons. The van der Waals surface area contributed by atoms with E-state index in [1.165, 1.54) is 12.2 Å². The molecular weight excluding hydrogens is 303 g/mol. The van der Waals surface area contributed by atoms with Crippen LogP contribution in [0.1, 0.15) is 25.3 Å². The van der Waals surface area contributed by atoms with Gasteiger partial charge in [-0.05, 0) is 12.0 Å². The molecule has 2 N–H and O–H groups in total. The number of carbonyl (C=O) groups is 2. The van der Waals surface area contributed by atoms with Crippen LogP contribution in [-0.2, 0) is 16.1 Å². The Kier molecular flexibility index (Phi) is 5.78. The van der Waals surface area contributed by atoms with Crippen molar-refractivity contribution < 1.29 is 32.6 Å². The fourth-order valence-electron chi connectivity index (χ4n) is 1.87. The Balaban J connectivity index is 2.81. The number of hydrogen-bond donors (Lipinski definition) is 2. The minimum absolute atomic E-state index is 0.0786. The zero-order valence-electron chi connectivity index (χ0n) is 11.8. The van der Waals surface area contributed by atoms with Crippen LogP contribution >= 0.6 is 0 Å². The Morgan fingerprint density at radius 1 is 1.23 bits per heavy atom. The summed E-state index contributed by atoms with van der Waals surface area (Å²) >= 11 is 0. The zero-order chi connectivity index (χ0) is 16.8. The minimum atomic E-state index is -5.14. The third-order valence-corrected chi connectivity index (χ3v) is 3.00. The summed E-state index contributed by atoms with van der Waals surface area (Å²) in [7, 11) is 0. The van der Waals surface area contributed by atoms with Crippen molar-refractivity contribution in [3.05, 3.63) is 35.9 Å². The molecule has 1 rings (SSSR count). The van der Waals surface area contributed by atoms with Crippen molar-refractivity contribution in [2.45, 2.75) is 38.1 Å². The van der Waals surface area contributed by atoms with E-state index in [1.54, 1.807) is 30.3 Å². The number of benzene rings is 1. The van der Waals surface area contributed by atoms with Gasteiger partial charge < -0.3 is 9.84 Å². The highest BCUT2D eigenvalue weighted by molar-refractivity contribution is 5.85. The van der Waals surface area contributed by atoms with E-state index >= 15 is 0 Å². The fourth-order valence-corrected chi connectivity index (χ4v) is 1.87. The number of carbonyl (C=O) groups excluding carboxylic acids is 1. The first-order valence-corrected chi connectivity index (χ1v) is 6.52. The molecule has 0 saturated heterocycles. The molecule has 0 saturated carbocycles. The zero-order valence-corrected chi connectivity index (χ0v) is 11.8. The van der Waals surface area contributed by atoms with Crippen molar-refractivity contribution in [3.63, 3.8) is 0 Å². The number of hydrogen-bond acceptors (Lipinski definition) is 3. The van der Waals surface area contributed by atoms with Crippen LogP contribution < -0.4 is 5.32 Å². The molecule has 0 aliphatic heterocycles. The summed E-state index contributed by atoms with van der Waals surface area (Å²) in [4.78, 5) is 22.6. The van der Waals surface area contributed by atoms with Crippen LogP contribution in [0.15, 0.2) is 30.3 Å². The number of rotatable bonds is 6. The number of nitrogens with one attached hydrogen (secondary N) is 1. The molecule has 0 heterocycles. The summed E-state index contributed by atoms with van der Waals surface area (Å²) in [5, 5.41) is 10.4. The lowest BCUT2D eigenvalue weighted by molar-refractivity contribution is -0.210. The summed E-state index contributed by atoms with van der Waals surface area (Å²) < 4.78 is 43.9. The number of halogens is 3. The third kappa shape index (κ3) is 4.12. The molecule has 0 spiro atoms. The predicted octanol–water partition coefficient (Wildman–Crippen LogP) is 3.10. The SMILES string of the molecule is CCCC(NC(=O)OCc1ccccc1)(C(=O)O)C(F)(F)F. The highest BCUT2D eigenvalue weighted by Crippen LogP contribution is 2.34. The van der Waals surface area contributed by atoms with Crippen molar-refractivity contribution in [2.24, 2.45) is 0 Å². The summed E-state index contributed by atoms with van der Waals surface area (Å²) in [5.74, 6) is -2.17. The van der Waals surface area contributed by atoms with Gasteiger partial charge in [-0.1, -0.05) is 43.7 Å². The molecule has 22 heavy (non-hydrogen) atoms. The Hall–Kier alpha value is -2.25. The Bertz CT molecular complexity index is 519. The van der Waals surface area contributed by atoms with Gasteiger partial charge in [0.1, 0.15) is 6.61 Å². The first-order valence-electron chi connectivity index (χ1n) is 6.52. The second-order valence-electron chi connectivity index (χ2n) is 4.64. The molecule has 1 unspecified atom stereocenters. The molecule has 0 radical (unpaired) electrons. The number of amides is 1. The second kappa shape index (κ2) is 7.15. The van der Waals surface area contributed by atoms with Crippen LogP contribution in [0.3, 0.4) is 0 Å². The molecular formula is C14H16F3NO4. The first-order chi connectivity index (χ1) is 10.2. The van der Waals surface area contributed by atoms with Gasteiger partial charge >= 0.3 is 18.2 Å². The maximum Gasteiger partial charge on any atom is 0.422 e. The monoisotopic (exact) mass is 319 g/mol. The Labute approximate surface area is 125 Å². The number of carboxylic acids is 1. The van der Waals surface area contributed by atoms with Gasteiger partial charge in [-0.3, -0.25) is 5.32 Å². The van der Waals surface area contributed by atoms with Gasteiger partial charge in [-0.25, -0.2) is 9.59 Å². The van der Waals surface area contributed by atoms with E-state index in [0.29, 0.717) is 5.56 Å². The molecule has 0 aliphatic carbocycles. The van der Waals surface area contributed by atoms with E-state index in [-0.39, 0.29) is 13.0 Å². The second-order valence-corrected chi connectivity index (χ2v) is 4.64. The van der Waals surface area contributed by atoms with E-state index in [4.69, 9.17) is 5.11 Å². The smallest absolute Gasteiger partial charge is 0.422 e. The lowest BCUT2D eigenvalue weighted by Gasteiger charge is -2.31. The first kappa shape index (κ1) is 17.8. The number of aliphatic carboxylic acids is 1. The van der Waals surface area contributed by atoms with Gasteiger partial charge in [0.15, 0.2) is 0 Å². The number of ether oxygens (including phenoxy) is 1. The van der Waals surface area contributed by atoms with Crippen LogP contribution in [-0.4, -0.2) is 28.9 Å². The fraction of sp³-hybridized carbons (Fsp3) is 0.429. The molecule has 0 bridgehead atoms. The normalized spacial score (nSPS) is 14.0. The Morgan fingerprint density at radius 2 is 1.82 bits per heavy atom. The summed E-state index contributed by atoms with van der Waals surface area (Å²) in [6.45, 7) is 1.13. The highest BCUT2D eigenvalue weighted by atomic mass is 19.4. The van der Waals surface area contributed by atoms with Gasteiger partial charge in [0.25, 0.3) is 0 Å². The van der Waals surface area contributed by atoms with Crippen molar-refractivity contribution in [1.82, 2.24) is 5.32 Å².